The summed E-state index contributed by atoms with van der Waals surface area (Å²) in [6, 6.07) is 10.2. The molecular formula is C16H13N5O4. The number of nitrogens with one attached hydrogen (secondary N) is 1. The first-order valence-corrected chi connectivity index (χ1v) is 7.35. The zero-order chi connectivity index (χ0) is 17.8. The van der Waals surface area contributed by atoms with Crippen molar-refractivity contribution in [1.29, 1.82) is 0 Å². The van der Waals surface area contributed by atoms with Gasteiger partial charge in [0.15, 0.2) is 0 Å². The van der Waals surface area contributed by atoms with E-state index >= 15 is 0 Å². The van der Waals surface area contributed by atoms with E-state index in [1.165, 1.54) is 24.3 Å². The lowest BCUT2D eigenvalue weighted by atomic mass is 10.2. The second-order valence-corrected chi connectivity index (χ2v) is 5.17. The molecule has 1 amide bonds. The first-order valence-electron chi connectivity index (χ1n) is 7.35. The van der Waals surface area contributed by atoms with E-state index in [0.717, 1.165) is 0 Å². The quantitative estimate of drug-likeness (QED) is 0.559. The van der Waals surface area contributed by atoms with Crippen LogP contribution >= 0.6 is 0 Å². The monoisotopic (exact) mass is 339 g/mol. The Kier molecular flexibility index (Phi) is 4.46. The number of carbonyl (C=O) groups excluding carboxylic acids is 1. The molecule has 0 saturated heterocycles. The fourth-order valence-corrected chi connectivity index (χ4v) is 2.11. The highest BCUT2D eigenvalue weighted by molar-refractivity contribution is 5.94. The SMILES string of the molecule is C[C@@H](NC(=O)c1cccc([N+](=O)[O-])c1)c1nc(-c2ccccn2)no1. The lowest BCUT2D eigenvalue weighted by Gasteiger charge is -2.09. The fraction of sp³-hybridized carbons (Fsp3) is 0.125. The number of benzene rings is 1. The van der Waals surface area contributed by atoms with Crippen molar-refractivity contribution in [2.45, 2.75) is 13.0 Å². The highest BCUT2D eigenvalue weighted by Crippen LogP contribution is 2.18. The van der Waals surface area contributed by atoms with Crippen LogP contribution in [0, 0.1) is 10.1 Å². The van der Waals surface area contributed by atoms with Gasteiger partial charge in [-0.25, -0.2) is 0 Å². The van der Waals surface area contributed by atoms with Crippen molar-refractivity contribution in [2.24, 2.45) is 0 Å². The summed E-state index contributed by atoms with van der Waals surface area (Å²) >= 11 is 0. The number of hydrogen-bond acceptors (Lipinski definition) is 7. The summed E-state index contributed by atoms with van der Waals surface area (Å²) in [6.07, 6.45) is 1.61. The van der Waals surface area contributed by atoms with Crippen LogP contribution in [0.3, 0.4) is 0 Å². The Hall–Kier alpha value is -3.62. The highest BCUT2D eigenvalue weighted by atomic mass is 16.6. The van der Waals surface area contributed by atoms with E-state index in [9.17, 15) is 14.9 Å². The number of nitrogens with zero attached hydrogens (tertiary/aromatic N) is 4. The molecule has 3 aromatic rings. The van der Waals surface area contributed by atoms with E-state index in [-0.39, 0.29) is 17.1 Å². The number of nitro groups is 1. The Bertz CT molecular complexity index is 910. The molecule has 9 nitrogen and oxygen atoms in total. The van der Waals surface area contributed by atoms with Crippen molar-refractivity contribution in [1.82, 2.24) is 20.4 Å². The second kappa shape index (κ2) is 6.87. The molecule has 0 unspecified atom stereocenters. The highest BCUT2D eigenvalue weighted by Gasteiger charge is 2.19. The summed E-state index contributed by atoms with van der Waals surface area (Å²) in [5.41, 5.74) is 0.566. The summed E-state index contributed by atoms with van der Waals surface area (Å²) in [7, 11) is 0. The maximum atomic E-state index is 12.2. The molecule has 25 heavy (non-hydrogen) atoms. The second-order valence-electron chi connectivity index (χ2n) is 5.17. The number of aromatic nitrogens is 3. The number of amides is 1. The van der Waals surface area contributed by atoms with Crippen molar-refractivity contribution >= 4 is 11.6 Å². The van der Waals surface area contributed by atoms with Gasteiger partial charge >= 0.3 is 0 Å². The van der Waals surface area contributed by atoms with Crippen molar-refractivity contribution < 1.29 is 14.2 Å². The summed E-state index contributed by atoms with van der Waals surface area (Å²) in [5.74, 6) is 0.0419. The lowest BCUT2D eigenvalue weighted by molar-refractivity contribution is -0.384. The van der Waals surface area contributed by atoms with Crippen molar-refractivity contribution in [3.63, 3.8) is 0 Å². The molecule has 0 aliphatic carbocycles. The van der Waals surface area contributed by atoms with Gasteiger partial charge in [-0.2, -0.15) is 4.98 Å². The van der Waals surface area contributed by atoms with E-state index in [2.05, 4.69) is 20.4 Å². The molecule has 2 heterocycles. The average molecular weight is 339 g/mol. The predicted molar refractivity (Wildman–Crippen MR) is 86.5 cm³/mol. The van der Waals surface area contributed by atoms with E-state index in [1.54, 1.807) is 31.3 Å². The van der Waals surface area contributed by atoms with Gasteiger partial charge < -0.3 is 9.84 Å². The smallest absolute Gasteiger partial charge is 0.270 e. The minimum atomic E-state index is -0.572. The minimum absolute atomic E-state index is 0.157. The number of non-ortho nitro benzene ring substituents is 1. The molecule has 2 aromatic heterocycles. The largest absolute Gasteiger partial charge is 0.341 e. The van der Waals surface area contributed by atoms with Crippen LogP contribution in [0.4, 0.5) is 5.69 Å². The van der Waals surface area contributed by atoms with E-state index in [1.807, 2.05) is 0 Å². The van der Waals surface area contributed by atoms with Gasteiger partial charge in [-0.3, -0.25) is 19.9 Å². The molecule has 0 saturated carbocycles. The molecule has 0 radical (unpaired) electrons. The Morgan fingerprint density at radius 2 is 2.12 bits per heavy atom. The number of pyridine rings is 1. The summed E-state index contributed by atoms with van der Waals surface area (Å²) in [5, 5.41) is 17.3. The summed E-state index contributed by atoms with van der Waals surface area (Å²) in [6.45, 7) is 1.67. The third-order valence-corrected chi connectivity index (χ3v) is 3.37. The number of nitro benzene ring substituents is 1. The van der Waals surface area contributed by atoms with Crippen LogP contribution < -0.4 is 5.32 Å². The normalized spacial score (nSPS) is 11.7. The third-order valence-electron chi connectivity index (χ3n) is 3.37. The first-order chi connectivity index (χ1) is 12.0. The Morgan fingerprint density at radius 1 is 1.28 bits per heavy atom. The topological polar surface area (TPSA) is 124 Å². The molecule has 9 heteroatoms. The average Bonchev–Trinajstić information content (AvgIpc) is 3.13. The lowest BCUT2D eigenvalue weighted by Crippen LogP contribution is -2.26. The Balaban J connectivity index is 1.73. The van der Waals surface area contributed by atoms with Gasteiger partial charge in [0.1, 0.15) is 11.7 Å². The molecule has 3 rings (SSSR count). The van der Waals surface area contributed by atoms with Gasteiger partial charge in [0, 0.05) is 23.9 Å². The standard InChI is InChI=1S/C16H13N5O4/c1-10(16-19-14(20-25-16)13-7-2-3-8-17-13)18-15(22)11-5-4-6-12(9-11)21(23)24/h2-10H,1H3,(H,18,22)/t10-/m1/s1. The molecule has 126 valence electrons. The molecule has 0 aliphatic rings. The molecule has 1 aromatic carbocycles. The summed E-state index contributed by atoms with van der Waals surface area (Å²) in [4.78, 5) is 30.8. The maximum absolute atomic E-state index is 12.2. The van der Waals surface area contributed by atoms with Gasteiger partial charge in [-0.1, -0.05) is 17.3 Å². The zero-order valence-electron chi connectivity index (χ0n) is 13.1. The Labute approximate surface area is 141 Å². The van der Waals surface area contributed by atoms with E-state index in [0.29, 0.717) is 11.5 Å². The van der Waals surface area contributed by atoms with Crippen molar-refractivity contribution in [3.05, 3.63) is 70.2 Å². The van der Waals surface area contributed by atoms with Gasteiger partial charge in [0.2, 0.25) is 11.7 Å². The fourth-order valence-electron chi connectivity index (χ4n) is 2.11. The molecular weight excluding hydrogens is 326 g/mol. The van der Waals surface area contributed by atoms with Crippen LogP contribution in [0.2, 0.25) is 0 Å². The van der Waals surface area contributed by atoms with Crippen LogP contribution in [-0.4, -0.2) is 26.0 Å². The minimum Gasteiger partial charge on any atom is -0.341 e. The van der Waals surface area contributed by atoms with Gasteiger partial charge in [0.25, 0.3) is 11.6 Å². The Morgan fingerprint density at radius 3 is 2.84 bits per heavy atom. The number of carbonyl (C=O) groups is 1. The summed E-state index contributed by atoms with van der Waals surface area (Å²) < 4.78 is 5.16. The van der Waals surface area contributed by atoms with E-state index < -0.39 is 16.9 Å². The van der Waals surface area contributed by atoms with Gasteiger partial charge in [-0.05, 0) is 25.1 Å². The molecule has 0 spiro atoms. The van der Waals surface area contributed by atoms with Gasteiger partial charge in [-0.15, -0.1) is 0 Å². The van der Waals surface area contributed by atoms with Crippen LogP contribution in [0.5, 0.6) is 0 Å². The van der Waals surface area contributed by atoms with Crippen LogP contribution in [-0.2, 0) is 0 Å². The van der Waals surface area contributed by atoms with Crippen LogP contribution in [0.25, 0.3) is 11.5 Å². The van der Waals surface area contributed by atoms with Gasteiger partial charge in [0.05, 0.1) is 4.92 Å². The van der Waals surface area contributed by atoms with E-state index in [4.69, 9.17) is 4.52 Å². The van der Waals surface area contributed by atoms with Crippen molar-refractivity contribution in [3.8, 4) is 11.5 Å². The molecule has 1 atom stereocenters. The van der Waals surface area contributed by atoms with Crippen LogP contribution in [0.1, 0.15) is 29.2 Å². The maximum Gasteiger partial charge on any atom is 0.270 e. The van der Waals surface area contributed by atoms with Crippen LogP contribution in [0.15, 0.2) is 53.2 Å². The number of hydrogen-bond donors (Lipinski definition) is 1. The molecule has 0 bridgehead atoms. The third kappa shape index (κ3) is 3.66. The number of rotatable bonds is 5. The first kappa shape index (κ1) is 16.2. The molecule has 0 aliphatic heterocycles. The van der Waals surface area contributed by atoms with Crippen molar-refractivity contribution in [2.75, 3.05) is 0 Å². The molecule has 1 N–H and O–H groups in total. The predicted octanol–water partition coefficient (Wildman–Crippen LogP) is 2.53. The zero-order valence-corrected chi connectivity index (χ0v) is 13.1. The molecule has 0 fully saturated rings.